The normalized spacial score (nSPS) is 12.5. The molecular weight excluding hydrogens is 428 g/mol. The van der Waals surface area contributed by atoms with Crippen molar-refractivity contribution in [3.05, 3.63) is 72.3 Å². The third kappa shape index (κ3) is 5.93. The number of fused-ring (bicyclic) bond motifs is 1. The zero-order valence-electron chi connectivity index (χ0n) is 18.2. The zero-order valence-corrected chi connectivity index (χ0v) is 19.0. The fourth-order valence-corrected chi connectivity index (χ4v) is 4.49. The fraction of sp³-hybridized carbons (Fsp3) is 0.250. The maximum Gasteiger partial charge on any atom is 0.311 e. The molecule has 0 fully saturated rings. The van der Waals surface area contributed by atoms with Crippen LogP contribution >= 0.6 is 0 Å². The Morgan fingerprint density at radius 2 is 1.56 bits per heavy atom. The summed E-state index contributed by atoms with van der Waals surface area (Å²) in [5.41, 5.74) is 1.22. The van der Waals surface area contributed by atoms with Crippen molar-refractivity contribution in [2.45, 2.75) is 44.2 Å². The maximum atomic E-state index is 12.4. The van der Waals surface area contributed by atoms with Gasteiger partial charge in [0.05, 0.1) is 11.3 Å². The monoisotopic (exact) mass is 454 g/mol. The van der Waals surface area contributed by atoms with E-state index < -0.39 is 28.0 Å². The van der Waals surface area contributed by atoms with Gasteiger partial charge in [-0.3, -0.25) is 9.59 Å². The Labute approximate surface area is 187 Å². The molecular formula is C24H26N2O5S. The van der Waals surface area contributed by atoms with Crippen LogP contribution in [-0.4, -0.2) is 32.4 Å². The number of anilines is 1. The first-order chi connectivity index (χ1) is 15.2. The molecule has 1 unspecified atom stereocenters. The smallest absolute Gasteiger partial charge is 0.311 e. The number of hydrogen-bond donors (Lipinski definition) is 2. The molecule has 0 aliphatic rings. The van der Waals surface area contributed by atoms with E-state index >= 15 is 0 Å². The van der Waals surface area contributed by atoms with Crippen LogP contribution in [0, 0.1) is 0 Å². The minimum atomic E-state index is -3.61. The van der Waals surface area contributed by atoms with Crippen molar-refractivity contribution >= 4 is 38.4 Å². The molecule has 32 heavy (non-hydrogen) atoms. The van der Waals surface area contributed by atoms with Gasteiger partial charge in [0.1, 0.15) is 0 Å². The van der Waals surface area contributed by atoms with Gasteiger partial charge in [0, 0.05) is 11.7 Å². The van der Waals surface area contributed by atoms with Crippen LogP contribution in [0.5, 0.6) is 0 Å². The van der Waals surface area contributed by atoms with Gasteiger partial charge in [0.25, 0.3) is 5.91 Å². The molecule has 1 atom stereocenters. The topological polar surface area (TPSA) is 102 Å². The van der Waals surface area contributed by atoms with Crippen LogP contribution in [-0.2, 0) is 30.8 Å². The van der Waals surface area contributed by atoms with Crippen molar-refractivity contribution < 1.29 is 22.7 Å². The van der Waals surface area contributed by atoms with E-state index in [1.165, 1.54) is 31.2 Å². The number of hydrogen-bond acceptors (Lipinski definition) is 5. The van der Waals surface area contributed by atoms with Crippen molar-refractivity contribution in [2.24, 2.45) is 0 Å². The van der Waals surface area contributed by atoms with E-state index in [4.69, 9.17) is 4.74 Å². The highest BCUT2D eigenvalue weighted by Gasteiger charge is 2.20. The van der Waals surface area contributed by atoms with Gasteiger partial charge in [-0.1, -0.05) is 42.5 Å². The Bertz CT molecular complexity index is 1220. The minimum absolute atomic E-state index is 0.0500. The van der Waals surface area contributed by atoms with E-state index in [9.17, 15) is 18.0 Å². The lowest BCUT2D eigenvalue weighted by Crippen LogP contribution is -2.31. The number of benzene rings is 3. The SMILES string of the molecule is CC(C)NS(=O)(=O)c1ccc(NC(=O)C(C)OC(=O)Cc2cccc3ccccc23)cc1. The van der Waals surface area contributed by atoms with Crippen molar-refractivity contribution in [3.63, 3.8) is 0 Å². The first-order valence-corrected chi connectivity index (χ1v) is 11.7. The maximum absolute atomic E-state index is 12.4. The number of sulfonamides is 1. The molecule has 0 spiro atoms. The molecule has 7 nitrogen and oxygen atoms in total. The summed E-state index contributed by atoms with van der Waals surface area (Å²) in [4.78, 5) is 24.9. The van der Waals surface area contributed by atoms with E-state index in [0.29, 0.717) is 5.69 Å². The van der Waals surface area contributed by atoms with Gasteiger partial charge in [-0.25, -0.2) is 13.1 Å². The molecule has 0 aliphatic heterocycles. The van der Waals surface area contributed by atoms with Crippen LogP contribution in [0.2, 0.25) is 0 Å². The van der Waals surface area contributed by atoms with Gasteiger partial charge in [-0.2, -0.15) is 0 Å². The number of carbonyl (C=O) groups excluding carboxylic acids is 2. The first-order valence-electron chi connectivity index (χ1n) is 10.2. The Hall–Kier alpha value is -3.23. The molecule has 0 radical (unpaired) electrons. The molecule has 1 amide bonds. The highest BCUT2D eigenvalue weighted by Crippen LogP contribution is 2.20. The quantitative estimate of drug-likeness (QED) is 0.506. The van der Waals surface area contributed by atoms with Crippen molar-refractivity contribution in [1.82, 2.24) is 4.72 Å². The molecule has 0 aliphatic carbocycles. The summed E-state index contributed by atoms with van der Waals surface area (Å²) in [6.45, 7) is 4.95. The molecule has 0 saturated heterocycles. The second kappa shape index (κ2) is 9.93. The predicted molar refractivity (Wildman–Crippen MR) is 124 cm³/mol. The Morgan fingerprint density at radius 3 is 2.25 bits per heavy atom. The molecule has 0 bridgehead atoms. The third-order valence-corrected chi connectivity index (χ3v) is 6.39. The first kappa shape index (κ1) is 23.4. The summed E-state index contributed by atoms with van der Waals surface area (Å²) in [6.07, 6.45) is -0.961. The van der Waals surface area contributed by atoms with Crippen LogP contribution in [0.4, 0.5) is 5.69 Å². The molecule has 3 aromatic carbocycles. The number of rotatable bonds is 8. The molecule has 0 heterocycles. The van der Waals surface area contributed by atoms with E-state index in [1.807, 2.05) is 42.5 Å². The second-order valence-corrected chi connectivity index (χ2v) is 9.45. The van der Waals surface area contributed by atoms with E-state index in [-0.39, 0.29) is 17.4 Å². The summed E-state index contributed by atoms with van der Waals surface area (Å²) in [7, 11) is -3.61. The highest BCUT2D eigenvalue weighted by atomic mass is 32.2. The Balaban J connectivity index is 1.59. The lowest BCUT2D eigenvalue weighted by molar-refractivity contribution is -0.152. The summed E-state index contributed by atoms with van der Waals surface area (Å²) in [5, 5.41) is 4.62. The lowest BCUT2D eigenvalue weighted by atomic mass is 10.0. The summed E-state index contributed by atoms with van der Waals surface area (Å²) in [5.74, 6) is -1.02. The van der Waals surface area contributed by atoms with Crippen molar-refractivity contribution in [1.29, 1.82) is 0 Å². The van der Waals surface area contributed by atoms with Crippen LogP contribution in [0.25, 0.3) is 10.8 Å². The third-order valence-electron chi connectivity index (χ3n) is 4.72. The number of ether oxygens (including phenoxy) is 1. The number of amides is 1. The van der Waals surface area contributed by atoms with Gasteiger partial charge in [-0.15, -0.1) is 0 Å². The summed E-state index contributed by atoms with van der Waals surface area (Å²) < 4.78 is 32.2. The molecule has 2 N–H and O–H groups in total. The Morgan fingerprint density at radius 1 is 0.906 bits per heavy atom. The minimum Gasteiger partial charge on any atom is -0.452 e. The van der Waals surface area contributed by atoms with Crippen molar-refractivity contribution in [2.75, 3.05) is 5.32 Å². The largest absolute Gasteiger partial charge is 0.452 e. The van der Waals surface area contributed by atoms with Gasteiger partial charge in [-0.05, 0) is 61.4 Å². The second-order valence-electron chi connectivity index (χ2n) is 7.74. The zero-order chi connectivity index (χ0) is 23.3. The standard InChI is InChI=1S/C24H26N2O5S/c1-16(2)26-32(29,30)21-13-11-20(12-14-21)25-24(28)17(3)31-23(27)15-19-9-6-8-18-7-4-5-10-22(18)19/h4-14,16-17,26H,15H2,1-3H3,(H,25,28). The van der Waals surface area contributed by atoms with Gasteiger partial charge in [0.2, 0.25) is 10.0 Å². The number of carbonyl (C=O) groups is 2. The summed E-state index contributed by atoms with van der Waals surface area (Å²) >= 11 is 0. The van der Waals surface area contributed by atoms with Crippen LogP contribution in [0.15, 0.2) is 71.6 Å². The number of nitrogens with one attached hydrogen (secondary N) is 2. The predicted octanol–water partition coefficient (Wildman–Crippen LogP) is 3.64. The highest BCUT2D eigenvalue weighted by molar-refractivity contribution is 7.89. The molecule has 168 valence electrons. The lowest BCUT2D eigenvalue weighted by Gasteiger charge is -2.15. The molecule has 0 aromatic heterocycles. The average molecular weight is 455 g/mol. The molecule has 3 aromatic rings. The van der Waals surface area contributed by atoms with Crippen LogP contribution < -0.4 is 10.0 Å². The Kier molecular flexibility index (Phi) is 7.27. The van der Waals surface area contributed by atoms with Gasteiger partial charge < -0.3 is 10.1 Å². The van der Waals surface area contributed by atoms with E-state index in [2.05, 4.69) is 10.0 Å². The van der Waals surface area contributed by atoms with Crippen LogP contribution in [0.3, 0.4) is 0 Å². The molecule has 8 heteroatoms. The molecule has 3 rings (SSSR count). The van der Waals surface area contributed by atoms with Gasteiger partial charge in [0.15, 0.2) is 6.10 Å². The average Bonchev–Trinajstić information content (AvgIpc) is 2.73. The molecule has 0 saturated carbocycles. The van der Waals surface area contributed by atoms with E-state index in [0.717, 1.165) is 16.3 Å². The summed E-state index contributed by atoms with van der Waals surface area (Å²) in [6, 6.07) is 19.0. The number of esters is 1. The van der Waals surface area contributed by atoms with Gasteiger partial charge >= 0.3 is 5.97 Å². The van der Waals surface area contributed by atoms with E-state index in [1.54, 1.807) is 13.8 Å². The van der Waals surface area contributed by atoms with Crippen molar-refractivity contribution in [3.8, 4) is 0 Å². The van der Waals surface area contributed by atoms with Crippen LogP contribution in [0.1, 0.15) is 26.3 Å². The fourth-order valence-electron chi connectivity index (χ4n) is 3.23.